The van der Waals surface area contributed by atoms with E-state index in [1.54, 1.807) is 5.38 Å². The molecule has 6 rings (SSSR count). The van der Waals surface area contributed by atoms with Crippen LogP contribution in [0.1, 0.15) is 69.5 Å². The lowest BCUT2D eigenvalue weighted by atomic mass is 9.87. The van der Waals surface area contributed by atoms with E-state index in [2.05, 4.69) is 58.5 Å². The van der Waals surface area contributed by atoms with E-state index < -0.39 is 0 Å². The van der Waals surface area contributed by atoms with Gasteiger partial charge in [-0.1, -0.05) is 35.9 Å². The van der Waals surface area contributed by atoms with Crippen LogP contribution < -0.4 is 10.1 Å². The number of rotatable bonds is 8. The summed E-state index contributed by atoms with van der Waals surface area (Å²) in [6, 6.07) is 14.6. The first-order valence-corrected chi connectivity index (χ1v) is 14.4. The summed E-state index contributed by atoms with van der Waals surface area (Å²) in [5.41, 5.74) is 5.11. The van der Waals surface area contributed by atoms with Gasteiger partial charge in [0.15, 0.2) is 0 Å². The molecule has 1 aromatic heterocycles. The van der Waals surface area contributed by atoms with E-state index in [0.29, 0.717) is 12.2 Å². The fourth-order valence-electron chi connectivity index (χ4n) is 5.32. The summed E-state index contributed by atoms with van der Waals surface area (Å²) in [6.45, 7) is 4.37. The van der Waals surface area contributed by atoms with E-state index in [1.165, 1.54) is 22.5 Å². The molecule has 1 saturated carbocycles. The van der Waals surface area contributed by atoms with Gasteiger partial charge in [0.05, 0.1) is 12.1 Å². The first-order valence-electron chi connectivity index (χ1n) is 13.5. The highest BCUT2D eigenvalue weighted by molar-refractivity contribution is 7.09. The Morgan fingerprint density at radius 3 is 2.76 bits per heavy atom. The molecule has 0 spiro atoms. The molecule has 0 unspecified atom stereocenters. The van der Waals surface area contributed by atoms with Gasteiger partial charge in [0.1, 0.15) is 23.1 Å². The maximum atomic E-state index is 13.2. The van der Waals surface area contributed by atoms with Crippen LogP contribution >= 0.6 is 11.3 Å². The lowest BCUT2D eigenvalue weighted by Gasteiger charge is -2.38. The van der Waals surface area contributed by atoms with E-state index in [9.17, 15) is 9.59 Å². The first kappa shape index (κ1) is 25.1. The molecule has 3 aromatic rings. The third kappa shape index (κ3) is 5.47. The number of nitrogens with one attached hydrogen (secondary N) is 1. The molecular weight excluding hydrogens is 498 g/mol. The predicted molar refractivity (Wildman–Crippen MR) is 145 cm³/mol. The van der Waals surface area contributed by atoms with Crippen molar-refractivity contribution >= 4 is 23.2 Å². The Kier molecular flexibility index (Phi) is 7.17. The lowest BCUT2D eigenvalue weighted by molar-refractivity contribution is -0.134. The second-order valence-electron chi connectivity index (χ2n) is 10.5. The number of carbonyl (C=O) groups excluding carboxylic acids is 2. The molecule has 38 heavy (non-hydrogen) atoms. The highest BCUT2D eigenvalue weighted by atomic mass is 32.1. The molecule has 1 aliphatic carbocycles. The zero-order valence-electron chi connectivity index (χ0n) is 21.7. The number of aromatic nitrogens is 1. The molecule has 0 bridgehead atoms. The number of ether oxygens (including phenoxy) is 2. The van der Waals surface area contributed by atoms with Crippen molar-refractivity contribution in [1.29, 1.82) is 0 Å². The van der Waals surface area contributed by atoms with Crippen LogP contribution in [-0.4, -0.2) is 47.5 Å². The largest absolute Gasteiger partial charge is 0.486 e. The third-order valence-electron chi connectivity index (χ3n) is 7.61. The monoisotopic (exact) mass is 531 g/mol. The van der Waals surface area contributed by atoms with Crippen LogP contribution in [0.25, 0.3) is 0 Å². The van der Waals surface area contributed by atoms with Gasteiger partial charge in [-0.2, -0.15) is 0 Å². The lowest BCUT2D eigenvalue weighted by Crippen LogP contribution is -2.41. The van der Waals surface area contributed by atoms with E-state index >= 15 is 0 Å². The van der Waals surface area contributed by atoms with E-state index in [-0.39, 0.29) is 36.5 Å². The number of carbonyl (C=O) groups is 2. The van der Waals surface area contributed by atoms with Gasteiger partial charge in [-0.25, -0.2) is 4.98 Å². The fourth-order valence-corrected chi connectivity index (χ4v) is 6.01. The number of fused-ring (bicyclic) bond motifs is 1. The summed E-state index contributed by atoms with van der Waals surface area (Å²) >= 11 is 1.42. The van der Waals surface area contributed by atoms with Gasteiger partial charge in [0, 0.05) is 31.0 Å². The van der Waals surface area contributed by atoms with Crippen molar-refractivity contribution < 1.29 is 19.1 Å². The Hall–Kier alpha value is -3.23. The van der Waals surface area contributed by atoms with Crippen molar-refractivity contribution in [3.63, 3.8) is 0 Å². The Morgan fingerprint density at radius 2 is 2.00 bits per heavy atom. The average molecular weight is 532 g/mol. The minimum absolute atomic E-state index is 0.101. The molecule has 2 amide bonds. The molecule has 2 atom stereocenters. The van der Waals surface area contributed by atoms with Gasteiger partial charge in [0.25, 0.3) is 5.91 Å². The molecule has 0 radical (unpaired) electrons. The Labute approximate surface area is 227 Å². The van der Waals surface area contributed by atoms with Crippen molar-refractivity contribution in [1.82, 2.24) is 15.2 Å². The molecule has 3 heterocycles. The van der Waals surface area contributed by atoms with Gasteiger partial charge in [0.2, 0.25) is 5.91 Å². The number of amides is 2. The summed E-state index contributed by atoms with van der Waals surface area (Å²) in [7, 11) is 0. The zero-order chi connectivity index (χ0) is 26.1. The number of nitrogens with zero attached hydrogens (tertiary/aromatic N) is 2. The topological polar surface area (TPSA) is 80.8 Å². The summed E-state index contributed by atoms with van der Waals surface area (Å²) in [6.07, 6.45) is 4.95. The summed E-state index contributed by atoms with van der Waals surface area (Å²) < 4.78 is 11.7. The molecular formula is C30H33N3O4S. The molecule has 7 nitrogen and oxygen atoms in total. The predicted octanol–water partition coefficient (Wildman–Crippen LogP) is 4.82. The third-order valence-corrected chi connectivity index (χ3v) is 8.43. The number of thiazole rings is 1. The SMILES string of the molecule is Cc1ccc([C@H]2c3cc(OCc4nc(C(=O)NC[C@@H]5CCCO5)cs4)ccc3CCN2C(=O)C2CC2)cc1. The average Bonchev–Trinajstić information content (AvgIpc) is 3.44. The van der Waals surface area contributed by atoms with Crippen LogP contribution in [0.3, 0.4) is 0 Å². The van der Waals surface area contributed by atoms with Crippen LogP contribution in [0.5, 0.6) is 5.75 Å². The molecule has 2 aliphatic heterocycles. The minimum atomic E-state index is -0.182. The van der Waals surface area contributed by atoms with Crippen molar-refractivity contribution in [2.24, 2.45) is 5.92 Å². The van der Waals surface area contributed by atoms with Crippen molar-refractivity contribution in [2.75, 3.05) is 19.7 Å². The maximum absolute atomic E-state index is 13.2. The first-order chi connectivity index (χ1) is 18.5. The van der Waals surface area contributed by atoms with E-state index in [1.807, 2.05) is 6.07 Å². The molecule has 3 aliphatic rings. The molecule has 198 valence electrons. The van der Waals surface area contributed by atoms with Gasteiger partial charge in [-0.3, -0.25) is 9.59 Å². The fraction of sp³-hybridized carbons (Fsp3) is 0.433. The highest BCUT2D eigenvalue weighted by Crippen LogP contribution is 2.41. The van der Waals surface area contributed by atoms with E-state index in [4.69, 9.17) is 9.47 Å². The molecule has 8 heteroatoms. The summed E-state index contributed by atoms with van der Waals surface area (Å²) in [5, 5.41) is 5.43. The molecule has 1 N–H and O–H groups in total. The van der Waals surface area contributed by atoms with Crippen molar-refractivity contribution in [3.05, 3.63) is 80.8 Å². The standard InChI is InChI=1S/C30H33N3O4S/c1-19-4-6-21(7-5-19)28-25-15-23(11-10-20(25)12-13-33(28)30(35)22-8-9-22)37-17-27-32-26(18-38-27)29(34)31-16-24-3-2-14-36-24/h4-7,10-11,15,18,22,24,28H,2-3,8-9,12-14,16-17H2,1H3,(H,31,34)/t24-,28-/m0/s1. The number of hydrogen-bond donors (Lipinski definition) is 1. The molecule has 1 saturated heterocycles. The summed E-state index contributed by atoms with van der Waals surface area (Å²) in [5.74, 6) is 0.992. The number of aryl methyl sites for hydroxylation is 1. The Bertz CT molecular complexity index is 1310. The van der Waals surface area contributed by atoms with Crippen LogP contribution in [0, 0.1) is 12.8 Å². The second kappa shape index (κ2) is 10.9. The summed E-state index contributed by atoms with van der Waals surface area (Å²) in [4.78, 5) is 32.3. The minimum Gasteiger partial charge on any atom is -0.486 e. The second-order valence-corrected chi connectivity index (χ2v) is 11.4. The van der Waals surface area contributed by atoms with Gasteiger partial charge < -0.3 is 19.7 Å². The number of benzene rings is 2. The smallest absolute Gasteiger partial charge is 0.270 e. The van der Waals surface area contributed by atoms with Gasteiger partial charge >= 0.3 is 0 Å². The normalized spacial score (nSPS) is 20.7. The Balaban J connectivity index is 1.16. The van der Waals surface area contributed by atoms with E-state index in [0.717, 1.165) is 67.1 Å². The zero-order valence-corrected chi connectivity index (χ0v) is 22.5. The maximum Gasteiger partial charge on any atom is 0.270 e. The van der Waals surface area contributed by atoms with Crippen molar-refractivity contribution in [3.8, 4) is 5.75 Å². The molecule has 2 fully saturated rings. The Morgan fingerprint density at radius 1 is 1.16 bits per heavy atom. The van der Waals surface area contributed by atoms with Crippen LogP contribution in [-0.2, 0) is 22.6 Å². The number of hydrogen-bond acceptors (Lipinski definition) is 6. The van der Waals surface area contributed by atoms with Crippen LogP contribution in [0.15, 0.2) is 47.8 Å². The van der Waals surface area contributed by atoms with Crippen LogP contribution in [0.2, 0.25) is 0 Å². The molecule has 2 aromatic carbocycles. The quantitative estimate of drug-likeness (QED) is 0.451. The highest BCUT2D eigenvalue weighted by Gasteiger charge is 2.39. The van der Waals surface area contributed by atoms with Crippen molar-refractivity contribution in [2.45, 2.75) is 57.8 Å². The van der Waals surface area contributed by atoms with Crippen LogP contribution in [0.4, 0.5) is 0 Å². The van der Waals surface area contributed by atoms with Gasteiger partial charge in [-0.15, -0.1) is 11.3 Å². The van der Waals surface area contributed by atoms with Gasteiger partial charge in [-0.05, 0) is 67.9 Å².